The second-order valence-electron chi connectivity index (χ2n) is 7.24. The fourth-order valence-corrected chi connectivity index (χ4v) is 3.88. The molecule has 2 aromatic heterocycles. The van der Waals surface area contributed by atoms with Crippen LogP contribution in [0.3, 0.4) is 0 Å². The standard InChI is InChI=1S/C22H24ClN5O3/c1-3-19-25-26-22(31-19)16-5-4-8-24-21(16)28-11-9-27(10-12-28)20(29)14-15-6-7-18(30-2)17(23)13-15/h4-8,13H,3,9-12,14H2,1-2H3. The number of rotatable bonds is 6. The smallest absolute Gasteiger partial charge is 0.251 e. The monoisotopic (exact) mass is 441 g/mol. The molecule has 3 heterocycles. The molecule has 31 heavy (non-hydrogen) atoms. The van der Waals surface area contributed by atoms with Crippen LogP contribution in [-0.4, -0.2) is 59.3 Å². The topological polar surface area (TPSA) is 84.6 Å². The number of piperazine rings is 1. The van der Waals surface area contributed by atoms with Gasteiger partial charge < -0.3 is 19.0 Å². The predicted octanol–water partition coefficient (Wildman–Crippen LogP) is 3.25. The molecule has 1 amide bonds. The van der Waals surface area contributed by atoms with Crippen molar-refractivity contribution < 1.29 is 13.9 Å². The maximum Gasteiger partial charge on any atom is 0.251 e. The summed E-state index contributed by atoms with van der Waals surface area (Å²) in [5, 5.41) is 8.72. The zero-order valence-corrected chi connectivity index (χ0v) is 18.3. The number of anilines is 1. The summed E-state index contributed by atoms with van der Waals surface area (Å²) < 4.78 is 10.9. The molecule has 1 aromatic carbocycles. The van der Waals surface area contributed by atoms with Crippen LogP contribution in [0.15, 0.2) is 40.9 Å². The van der Waals surface area contributed by atoms with Gasteiger partial charge in [0.05, 0.1) is 24.1 Å². The largest absolute Gasteiger partial charge is 0.495 e. The predicted molar refractivity (Wildman–Crippen MR) is 117 cm³/mol. The molecule has 4 rings (SSSR count). The molecule has 1 aliphatic heterocycles. The van der Waals surface area contributed by atoms with Gasteiger partial charge in [-0.2, -0.15) is 0 Å². The Bertz CT molecular complexity index is 1060. The quantitative estimate of drug-likeness (QED) is 0.580. The molecular weight excluding hydrogens is 418 g/mol. The van der Waals surface area contributed by atoms with Gasteiger partial charge in [-0.15, -0.1) is 10.2 Å². The average Bonchev–Trinajstić information content (AvgIpc) is 3.28. The van der Waals surface area contributed by atoms with E-state index >= 15 is 0 Å². The minimum Gasteiger partial charge on any atom is -0.495 e. The fourth-order valence-electron chi connectivity index (χ4n) is 3.60. The van der Waals surface area contributed by atoms with Crippen LogP contribution < -0.4 is 9.64 Å². The molecule has 0 N–H and O–H groups in total. The number of carbonyl (C=O) groups excluding carboxylic acids is 1. The van der Waals surface area contributed by atoms with Gasteiger partial charge in [0.2, 0.25) is 11.8 Å². The third-order valence-corrected chi connectivity index (χ3v) is 5.59. The molecule has 0 spiro atoms. The Morgan fingerprint density at radius 3 is 2.68 bits per heavy atom. The SMILES string of the molecule is CCc1nnc(-c2cccnc2N2CCN(C(=O)Cc3ccc(OC)c(Cl)c3)CC2)o1. The van der Waals surface area contributed by atoms with Crippen LogP contribution in [0, 0.1) is 0 Å². The van der Waals surface area contributed by atoms with Crippen LogP contribution in [0.1, 0.15) is 18.4 Å². The van der Waals surface area contributed by atoms with Crippen molar-refractivity contribution in [3.05, 3.63) is 53.0 Å². The second kappa shape index (κ2) is 9.34. The minimum absolute atomic E-state index is 0.0756. The summed E-state index contributed by atoms with van der Waals surface area (Å²) in [4.78, 5) is 21.4. The molecule has 0 unspecified atom stereocenters. The highest BCUT2D eigenvalue weighted by atomic mass is 35.5. The first-order valence-electron chi connectivity index (χ1n) is 10.2. The Labute approximate surface area is 185 Å². The normalized spacial score (nSPS) is 14.0. The molecule has 162 valence electrons. The molecule has 1 aliphatic rings. The van der Waals surface area contributed by atoms with E-state index in [-0.39, 0.29) is 5.91 Å². The molecule has 1 fully saturated rings. The molecular formula is C22H24ClN5O3. The van der Waals surface area contributed by atoms with Crippen LogP contribution >= 0.6 is 11.6 Å². The molecule has 1 saturated heterocycles. The van der Waals surface area contributed by atoms with Crippen LogP contribution in [0.2, 0.25) is 5.02 Å². The fraction of sp³-hybridized carbons (Fsp3) is 0.364. The lowest BCUT2D eigenvalue weighted by Crippen LogP contribution is -2.49. The zero-order chi connectivity index (χ0) is 21.8. The maximum atomic E-state index is 12.8. The van der Waals surface area contributed by atoms with Crippen molar-refractivity contribution in [2.45, 2.75) is 19.8 Å². The number of hydrogen-bond donors (Lipinski definition) is 0. The van der Waals surface area contributed by atoms with Gasteiger partial charge in [0, 0.05) is 38.8 Å². The van der Waals surface area contributed by atoms with Gasteiger partial charge in [0.1, 0.15) is 11.6 Å². The van der Waals surface area contributed by atoms with E-state index < -0.39 is 0 Å². The number of methoxy groups -OCH3 is 1. The van der Waals surface area contributed by atoms with Gasteiger partial charge in [-0.25, -0.2) is 4.98 Å². The number of ether oxygens (including phenoxy) is 1. The van der Waals surface area contributed by atoms with Crippen molar-refractivity contribution in [3.63, 3.8) is 0 Å². The van der Waals surface area contributed by atoms with Gasteiger partial charge in [0.25, 0.3) is 5.89 Å². The first-order valence-corrected chi connectivity index (χ1v) is 10.6. The summed E-state index contributed by atoms with van der Waals surface area (Å²) in [5.74, 6) is 2.54. The van der Waals surface area contributed by atoms with Crippen molar-refractivity contribution >= 4 is 23.3 Å². The number of carbonyl (C=O) groups is 1. The third kappa shape index (κ3) is 4.64. The minimum atomic E-state index is 0.0756. The highest BCUT2D eigenvalue weighted by Crippen LogP contribution is 2.29. The zero-order valence-electron chi connectivity index (χ0n) is 17.5. The van der Waals surface area contributed by atoms with Crippen molar-refractivity contribution in [2.75, 3.05) is 38.2 Å². The first kappa shape index (κ1) is 21.1. The number of halogens is 1. The van der Waals surface area contributed by atoms with E-state index in [0.717, 1.165) is 16.9 Å². The van der Waals surface area contributed by atoms with E-state index in [1.807, 2.05) is 30.0 Å². The highest BCUT2D eigenvalue weighted by Gasteiger charge is 2.25. The van der Waals surface area contributed by atoms with E-state index in [1.165, 1.54) is 0 Å². The van der Waals surface area contributed by atoms with Gasteiger partial charge in [0.15, 0.2) is 0 Å². The van der Waals surface area contributed by atoms with E-state index in [2.05, 4.69) is 20.1 Å². The van der Waals surface area contributed by atoms with Gasteiger partial charge in [-0.3, -0.25) is 4.79 Å². The third-order valence-electron chi connectivity index (χ3n) is 5.29. The second-order valence-corrected chi connectivity index (χ2v) is 7.65. The van der Waals surface area contributed by atoms with Crippen LogP contribution in [0.25, 0.3) is 11.5 Å². The molecule has 0 radical (unpaired) electrons. The lowest BCUT2D eigenvalue weighted by atomic mass is 10.1. The summed E-state index contributed by atoms with van der Waals surface area (Å²) in [6.07, 6.45) is 2.74. The number of nitrogens with zero attached hydrogens (tertiary/aromatic N) is 5. The van der Waals surface area contributed by atoms with E-state index in [1.54, 1.807) is 25.4 Å². The number of hydrogen-bond acceptors (Lipinski definition) is 7. The molecule has 0 aliphatic carbocycles. The highest BCUT2D eigenvalue weighted by molar-refractivity contribution is 6.32. The summed E-state index contributed by atoms with van der Waals surface area (Å²) >= 11 is 6.18. The summed E-state index contributed by atoms with van der Waals surface area (Å²) in [5.41, 5.74) is 1.68. The molecule has 0 bridgehead atoms. The molecule has 3 aromatic rings. The van der Waals surface area contributed by atoms with Crippen molar-refractivity contribution in [1.29, 1.82) is 0 Å². The molecule has 0 atom stereocenters. The molecule has 9 heteroatoms. The number of amides is 1. The molecule has 0 saturated carbocycles. The van der Waals surface area contributed by atoms with Crippen molar-refractivity contribution in [1.82, 2.24) is 20.1 Å². The lowest BCUT2D eigenvalue weighted by molar-refractivity contribution is -0.130. The average molecular weight is 442 g/mol. The Morgan fingerprint density at radius 1 is 1.19 bits per heavy atom. The summed E-state index contributed by atoms with van der Waals surface area (Å²) in [6, 6.07) is 9.22. The first-order chi connectivity index (χ1) is 15.1. The van der Waals surface area contributed by atoms with Crippen LogP contribution in [0.4, 0.5) is 5.82 Å². The maximum absolute atomic E-state index is 12.8. The van der Waals surface area contributed by atoms with Gasteiger partial charge >= 0.3 is 0 Å². The number of pyridine rings is 1. The van der Waals surface area contributed by atoms with E-state index in [9.17, 15) is 4.79 Å². The van der Waals surface area contributed by atoms with Crippen molar-refractivity contribution in [3.8, 4) is 17.2 Å². The van der Waals surface area contributed by atoms with E-state index in [4.69, 9.17) is 20.8 Å². The van der Waals surface area contributed by atoms with E-state index in [0.29, 0.717) is 61.6 Å². The Morgan fingerprint density at radius 2 is 2.00 bits per heavy atom. The Hall–Kier alpha value is -3.13. The van der Waals surface area contributed by atoms with Crippen LogP contribution in [-0.2, 0) is 17.6 Å². The van der Waals surface area contributed by atoms with Gasteiger partial charge in [-0.05, 0) is 29.8 Å². The van der Waals surface area contributed by atoms with Gasteiger partial charge in [-0.1, -0.05) is 24.6 Å². The summed E-state index contributed by atoms with van der Waals surface area (Å²) in [6.45, 7) is 4.55. The Balaban J connectivity index is 1.41. The molecule has 8 nitrogen and oxygen atoms in total. The van der Waals surface area contributed by atoms with Crippen molar-refractivity contribution in [2.24, 2.45) is 0 Å². The number of aryl methyl sites for hydroxylation is 1. The number of benzene rings is 1. The number of aromatic nitrogens is 3. The Kier molecular flexibility index (Phi) is 6.36. The summed E-state index contributed by atoms with van der Waals surface area (Å²) in [7, 11) is 1.57. The lowest BCUT2D eigenvalue weighted by Gasteiger charge is -2.36. The van der Waals surface area contributed by atoms with Crippen LogP contribution in [0.5, 0.6) is 5.75 Å².